The number of carbonyl (C=O) groups is 2. The molecule has 0 saturated heterocycles. The largest absolute Gasteiger partial charge is 0.744 e. The van der Waals surface area contributed by atoms with E-state index in [-0.39, 0.29) is 22.8 Å². The van der Waals surface area contributed by atoms with Crippen molar-refractivity contribution in [3.05, 3.63) is 59.7 Å². The highest BCUT2D eigenvalue weighted by atomic mass is 32.2. The number of amides is 2. The first kappa shape index (κ1) is 23.4. The quantitative estimate of drug-likeness (QED) is 0.322. The lowest BCUT2D eigenvalue weighted by Gasteiger charge is -2.52. The molecule has 168 valence electrons. The monoisotopic (exact) mass is 505 g/mol. The number of rotatable bonds is 7. The number of fused-ring (bicyclic) bond motifs is 2. The van der Waals surface area contributed by atoms with E-state index in [4.69, 9.17) is 34.3 Å². The summed E-state index contributed by atoms with van der Waals surface area (Å²) >= 11 is 13.7. The Bertz CT molecular complexity index is 1080. The summed E-state index contributed by atoms with van der Waals surface area (Å²) < 4.78 is 8.86. The third kappa shape index (κ3) is 3.81. The van der Waals surface area contributed by atoms with E-state index in [1.54, 1.807) is 0 Å². The predicted octanol–water partition coefficient (Wildman–Crippen LogP) is 4.55. The Kier molecular flexibility index (Phi) is 6.78. The molecule has 0 fully saturated rings. The molecular formula is C22H21N2O4S4-. The molecule has 2 N–H and O–H groups in total. The first-order valence-corrected chi connectivity index (χ1v) is 12.6. The molecule has 32 heavy (non-hydrogen) atoms. The molecule has 2 aromatic carbocycles. The molecule has 0 saturated carbocycles. The van der Waals surface area contributed by atoms with Crippen LogP contribution >= 0.6 is 35.7 Å². The lowest BCUT2D eigenvalue weighted by molar-refractivity contribution is -0.121. The van der Waals surface area contributed by atoms with Crippen LogP contribution in [0.25, 0.3) is 0 Å². The molecule has 6 nitrogen and oxygen atoms in total. The maximum atomic E-state index is 13.6. The molecule has 0 radical (unpaired) electrons. The lowest BCUT2D eigenvalue weighted by Crippen LogP contribution is -2.53. The molecule has 3 unspecified atom stereocenters. The van der Waals surface area contributed by atoms with Crippen LogP contribution in [0.15, 0.2) is 48.5 Å². The van der Waals surface area contributed by atoms with Crippen molar-refractivity contribution in [2.24, 2.45) is 0 Å². The summed E-state index contributed by atoms with van der Waals surface area (Å²) in [7, 11) is 0. The Morgan fingerprint density at radius 2 is 1.78 bits per heavy atom. The van der Waals surface area contributed by atoms with E-state index < -0.39 is 14.3 Å². The molecule has 0 spiro atoms. The fourth-order valence-corrected chi connectivity index (χ4v) is 7.73. The van der Waals surface area contributed by atoms with Crippen molar-refractivity contribution in [2.75, 3.05) is 23.8 Å². The number of para-hydroxylation sites is 2. The Balaban J connectivity index is 1.85. The molecule has 2 heterocycles. The summed E-state index contributed by atoms with van der Waals surface area (Å²) in [6, 6.07) is 14.7. The molecule has 10 heteroatoms. The zero-order valence-corrected chi connectivity index (χ0v) is 20.6. The van der Waals surface area contributed by atoms with Gasteiger partial charge in [0.15, 0.2) is 0 Å². The van der Waals surface area contributed by atoms with Crippen molar-refractivity contribution in [1.82, 2.24) is 0 Å². The second-order valence-electron chi connectivity index (χ2n) is 7.03. The minimum atomic E-state index is -1.57. The third-order valence-electron chi connectivity index (χ3n) is 5.15. The van der Waals surface area contributed by atoms with Gasteiger partial charge in [-0.15, -0.1) is 11.8 Å². The smallest absolute Gasteiger partial charge is 0.247 e. The number of hydrogen-bond donors (Lipinski definition) is 2. The number of nitrogens with one attached hydrogen (secondary N) is 2. The van der Waals surface area contributed by atoms with E-state index in [0.29, 0.717) is 17.9 Å². The maximum absolute atomic E-state index is 13.6. The van der Waals surface area contributed by atoms with Crippen LogP contribution in [0.5, 0.6) is 0 Å². The molecule has 0 bridgehead atoms. The minimum Gasteiger partial charge on any atom is -0.744 e. The van der Waals surface area contributed by atoms with Gasteiger partial charge < -0.3 is 32.7 Å². The van der Waals surface area contributed by atoms with Crippen molar-refractivity contribution < 1.29 is 19.1 Å². The van der Waals surface area contributed by atoms with Crippen molar-refractivity contribution >= 4 is 75.9 Å². The van der Waals surface area contributed by atoms with Crippen LogP contribution in [0.4, 0.5) is 11.4 Å². The molecule has 2 amide bonds. The molecule has 0 aromatic heterocycles. The van der Waals surface area contributed by atoms with Crippen LogP contribution in [-0.4, -0.2) is 33.7 Å². The third-order valence-corrected chi connectivity index (χ3v) is 9.21. The molecule has 4 rings (SSSR count). The molecular weight excluding hydrogens is 485 g/mol. The van der Waals surface area contributed by atoms with Gasteiger partial charge in [0.2, 0.25) is 16.2 Å². The van der Waals surface area contributed by atoms with E-state index in [1.165, 1.54) is 0 Å². The summed E-state index contributed by atoms with van der Waals surface area (Å²) in [6.45, 7) is 4.23. The summed E-state index contributed by atoms with van der Waals surface area (Å²) in [5.74, 6) is -0.558. The van der Waals surface area contributed by atoms with Crippen LogP contribution in [0.3, 0.4) is 0 Å². The van der Waals surface area contributed by atoms with Gasteiger partial charge in [-0.2, -0.15) is 0 Å². The summed E-state index contributed by atoms with van der Waals surface area (Å²) in [5, 5.41) is 5.16. The molecule has 3 atom stereocenters. The van der Waals surface area contributed by atoms with Crippen LogP contribution in [0.1, 0.15) is 30.2 Å². The number of thiocarbonyl (C=S) groups is 1. The number of anilines is 2. The van der Waals surface area contributed by atoms with Crippen molar-refractivity contribution in [3.63, 3.8) is 0 Å². The zero-order chi connectivity index (χ0) is 22.9. The average Bonchev–Trinajstić information content (AvgIpc) is 3.23. The Morgan fingerprint density at radius 1 is 1.09 bits per heavy atom. The van der Waals surface area contributed by atoms with E-state index in [0.717, 1.165) is 34.8 Å². The van der Waals surface area contributed by atoms with Gasteiger partial charge in [-0.3, -0.25) is 9.59 Å². The van der Waals surface area contributed by atoms with Crippen molar-refractivity contribution in [1.29, 1.82) is 0 Å². The van der Waals surface area contributed by atoms with E-state index in [9.17, 15) is 9.59 Å². The minimum absolute atomic E-state index is 0.185. The Morgan fingerprint density at radius 3 is 2.50 bits per heavy atom. The predicted molar refractivity (Wildman–Crippen MR) is 136 cm³/mol. The lowest BCUT2D eigenvalue weighted by atomic mass is 10.00. The fraction of sp³-hybridized carbons (Fsp3) is 0.318. The first-order valence-electron chi connectivity index (χ1n) is 10.0. The number of ether oxygens (including phenoxy) is 2. The summed E-state index contributed by atoms with van der Waals surface area (Å²) in [4.78, 5) is 26.5. The Hall–Kier alpha value is -1.72. The van der Waals surface area contributed by atoms with Gasteiger partial charge in [-0.05, 0) is 43.8 Å². The van der Waals surface area contributed by atoms with Crippen LogP contribution in [-0.2, 0) is 36.4 Å². The van der Waals surface area contributed by atoms with Gasteiger partial charge in [0.25, 0.3) is 0 Å². The summed E-state index contributed by atoms with van der Waals surface area (Å²) in [6.07, 6.45) is 0. The number of thioether (sulfide) groups is 2. The van der Waals surface area contributed by atoms with Crippen LogP contribution < -0.4 is 10.6 Å². The van der Waals surface area contributed by atoms with Crippen molar-refractivity contribution in [2.45, 2.75) is 28.1 Å². The molecule has 0 aliphatic carbocycles. The highest BCUT2D eigenvalue weighted by Crippen LogP contribution is 2.61. The number of benzene rings is 2. The van der Waals surface area contributed by atoms with Gasteiger partial charge in [0.05, 0.1) is 6.61 Å². The highest BCUT2D eigenvalue weighted by Gasteiger charge is 2.59. The van der Waals surface area contributed by atoms with Gasteiger partial charge in [-0.25, -0.2) is 0 Å². The Labute approximate surface area is 206 Å². The van der Waals surface area contributed by atoms with Gasteiger partial charge in [0.1, 0.15) is 10.00 Å². The highest BCUT2D eigenvalue weighted by molar-refractivity contribution is 8.24. The average molecular weight is 506 g/mol. The van der Waals surface area contributed by atoms with Gasteiger partial charge in [0, 0.05) is 27.8 Å². The molecule has 2 aliphatic rings. The van der Waals surface area contributed by atoms with Crippen LogP contribution in [0.2, 0.25) is 0 Å². The van der Waals surface area contributed by atoms with Crippen molar-refractivity contribution in [3.8, 4) is 0 Å². The zero-order valence-electron chi connectivity index (χ0n) is 17.4. The number of hydrogen-bond acceptors (Lipinski definition) is 8. The fourth-order valence-electron chi connectivity index (χ4n) is 3.83. The SMILES string of the molecule is CCOC(=S)SC1(C([S-])(OCC)SC2C(=O)Nc3ccccc32)C(=O)Nc2ccccc21. The maximum Gasteiger partial charge on any atom is 0.247 e. The first-order chi connectivity index (χ1) is 15.4. The molecule has 2 aliphatic heterocycles. The second kappa shape index (κ2) is 9.26. The van der Waals surface area contributed by atoms with Gasteiger partial charge >= 0.3 is 0 Å². The van der Waals surface area contributed by atoms with E-state index in [2.05, 4.69) is 10.6 Å². The molecule has 2 aromatic rings. The normalized spacial score (nSPS) is 23.0. The number of carbonyl (C=O) groups excluding carboxylic acids is 2. The van der Waals surface area contributed by atoms with E-state index >= 15 is 0 Å². The summed E-state index contributed by atoms with van der Waals surface area (Å²) in [5.41, 5.74) is 2.82. The standard InChI is InChI=1S/C22H22N2O4S4/c1-3-27-20(29)32-21(14-10-6-8-12-16(14)24-19(21)26)22(30,28-4-2)31-17-13-9-5-7-11-15(13)23-18(17)25/h5-12,17,30H,3-4H2,1-2H3,(H,23,25)(H,24,26)/p-1. The topological polar surface area (TPSA) is 76.7 Å². The second-order valence-corrected chi connectivity index (χ2v) is 11.0. The van der Waals surface area contributed by atoms with Crippen LogP contribution in [0, 0.1) is 0 Å². The van der Waals surface area contributed by atoms with E-state index in [1.807, 2.05) is 62.4 Å². The van der Waals surface area contributed by atoms with Gasteiger partial charge in [-0.1, -0.05) is 48.2 Å².